The molecule has 2 amide bonds. The summed E-state index contributed by atoms with van der Waals surface area (Å²) in [5, 5.41) is 12.3. The van der Waals surface area contributed by atoms with Gasteiger partial charge in [0.1, 0.15) is 17.8 Å². The van der Waals surface area contributed by atoms with Crippen LogP contribution in [0.5, 0.6) is 11.5 Å². The maximum Gasteiger partial charge on any atom is 0.266 e. The van der Waals surface area contributed by atoms with Gasteiger partial charge in [-0.15, -0.1) is 0 Å². The fourth-order valence-corrected chi connectivity index (χ4v) is 4.32. The highest BCUT2D eigenvalue weighted by atomic mass is 19.1. The molecule has 5 rings (SSSR count). The Balaban J connectivity index is 1.62. The molecule has 0 aromatic heterocycles. The fraction of sp³-hybridized carbons (Fsp3) is 0.167. The van der Waals surface area contributed by atoms with Gasteiger partial charge in [0.15, 0.2) is 17.6 Å². The summed E-state index contributed by atoms with van der Waals surface area (Å²) in [6, 6.07) is 18.3. The number of phenols is 1. The summed E-state index contributed by atoms with van der Waals surface area (Å²) >= 11 is 0. The third-order valence-electron chi connectivity index (χ3n) is 5.78. The number of amides is 2. The Morgan fingerprint density at radius 1 is 0.906 bits per heavy atom. The smallest absolute Gasteiger partial charge is 0.266 e. The minimum absolute atomic E-state index is 0.134. The van der Waals surface area contributed by atoms with Crippen molar-refractivity contribution >= 4 is 23.2 Å². The number of nitrogens with zero attached hydrogens (tertiary/aromatic N) is 2. The van der Waals surface area contributed by atoms with E-state index in [1.165, 1.54) is 36.4 Å². The van der Waals surface area contributed by atoms with Crippen LogP contribution in [0.3, 0.4) is 0 Å². The predicted molar refractivity (Wildman–Crippen MR) is 114 cm³/mol. The fourth-order valence-electron chi connectivity index (χ4n) is 4.32. The van der Waals surface area contributed by atoms with Crippen LogP contribution in [0.1, 0.15) is 11.6 Å². The van der Waals surface area contributed by atoms with Crippen molar-refractivity contribution in [2.75, 3.05) is 17.1 Å². The van der Waals surface area contributed by atoms with Crippen LogP contribution in [-0.2, 0) is 14.4 Å². The molecule has 0 spiro atoms. The molecule has 0 aliphatic carbocycles. The Bertz CT molecular complexity index is 1180. The van der Waals surface area contributed by atoms with Crippen LogP contribution >= 0.6 is 0 Å². The quantitative estimate of drug-likeness (QED) is 0.633. The van der Waals surface area contributed by atoms with E-state index in [0.717, 1.165) is 4.90 Å². The van der Waals surface area contributed by atoms with Crippen LogP contribution in [-0.4, -0.2) is 30.1 Å². The van der Waals surface area contributed by atoms with E-state index in [9.17, 15) is 19.1 Å². The molecule has 0 bridgehead atoms. The summed E-state index contributed by atoms with van der Waals surface area (Å²) in [4.78, 5) is 33.8. The summed E-state index contributed by atoms with van der Waals surface area (Å²) in [6.07, 6.45) is -1.09. The number of benzene rings is 3. The Morgan fingerprint density at radius 2 is 1.62 bits per heavy atom. The van der Waals surface area contributed by atoms with Gasteiger partial charge in [0.05, 0.1) is 18.5 Å². The van der Waals surface area contributed by atoms with Crippen LogP contribution in [0.15, 0.2) is 72.8 Å². The molecule has 2 heterocycles. The van der Waals surface area contributed by atoms with Crippen LogP contribution in [0.4, 0.5) is 15.8 Å². The third kappa shape index (κ3) is 2.99. The molecule has 2 aliphatic rings. The molecule has 3 aromatic carbocycles. The van der Waals surface area contributed by atoms with Crippen molar-refractivity contribution in [2.45, 2.75) is 12.1 Å². The van der Waals surface area contributed by atoms with Crippen molar-refractivity contribution in [3.63, 3.8) is 0 Å². The molecule has 2 aliphatic heterocycles. The van der Waals surface area contributed by atoms with E-state index < -0.39 is 35.7 Å². The molecule has 0 unspecified atom stereocenters. The second-order valence-corrected chi connectivity index (χ2v) is 7.54. The molecule has 162 valence electrons. The average Bonchev–Trinajstić information content (AvgIpc) is 3.31. The molecular weight excluding hydrogens is 415 g/mol. The number of ether oxygens (including phenoxy) is 1. The average molecular weight is 434 g/mol. The zero-order valence-electron chi connectivity index (χ0n) is 17.0. The van der Waals surface area contributed by atoms with Gasteiger partial charge < -0.3 is 9.84 Å². The lowest BCUT2D eigenvalue weighted by atomic mass is 9.90. The van der Waals surface area contributed by atoms with Gasteiger partial charge in [-0.1, -0.05) is 30.3 Å². The Labute approximate surface area is 183 Å². The van der Waals surface area contributed by atoms with E-state index in [1.807, 2.05) is 18.2 Å². The highest BCUT2D eigenvalue weighted by molar-refractivity contribution is 6.23. The second-order valence-electron chi connectivity index (χ2n) is 7.54. The zero-order chi connectivity index (χ0) is 22.4. The minimum atomic E-state index is -1.09. The molecular formula is C24H19FN2O5. The van der Waals surface area contributed by atoms with Crippen LogP contribution < -0.4 is 14.7 Å². The number of imide groups is 1. The van der Waals surface area contributed by atoms with E-state index in [2.05, 4.69) is 0 Å². The Morgan fingerprint density at radius 3 is 2.31 bits per heavy atom. The monoisotopic (exact) mass is 434 g/mol. The number of fused-ring (bicyclic) bond motifs is 1. The standard InChI is InChI=1S/C24H19FN2O5/c1-31-18-9-5-8-17(21(18)28)20-19-22(32-27(20)16-6-3-2-4-7-16)24(30)26(23(19)29)15-12-10-14(25)11-13-15/h2-13,19-20,22,28H,1H3/t19-,20-,22-/m1/s1. The topological polar surface area (TPSA) is 79.3 Å². The van der Waals surface area contributed by atoms with Crippen LogP contribution in [0.2, 0.25) is 0 Å². The molecule has 7 nitrogen and oxygen atoms in total. The lowest BCUT2D eigenvalue weighted by molar-refractivity contribution is -0.126. The highest BCUT2D eigenvalue weighted by Crippen LogP contribution is 2.50. The lowest BCUT2D eigenvalue weighted by Crippen LogP contribution is -2.37. The van der Waals surface area contributed by atoms with E-state index in [4.69, 9.17) is 9.57 Å². The first-order valence-electron chi connectivity index (χ1n) is 10.0. The Hall–Kier alpha value is -3.91. The number of hydrogen-bond acceptors (Lipinski definition) is 6. The number of carbonyl (C=O) groups is 2. The molecule has 2 fully saturated rings. The number of hydrogen-bond donors (Lipinski definition) is 1. The molecule has 3 atom stereocenters. The molecule has 0 radical (unpaired) electrons. The van der Waals surface area contributed by atoms with Gasteiger partial charge in [-0.25, -0.2) is 14.4 Å². The number of anilines is 2. The van der Waals surface area contributed by atoms with E-state index in [1.54, 1.807) is 30.3 Å². The van der Waals surface area contributed by atoms with Crippen molar-refractivity contribution in [3.8, 4) is 11.5 Å². The number of rotatable bonds is 4. The summed E-state index contributed by atoms with van der Waals surface area (Å²) in [5.74, 6) is -2.32. The van der Waals surface area contributed by atoms with Crippen molar-refractivity contribution < 1.29 is 28.7 Å². The molecule has 3 aromatic rings. The van der Waals surface area contributed by atoms with Crippen molar-refractivity contribution in [1.82, 2.24) is 0 Å². The molecule has 0 saturated carbocycles. The van der Waals surface area contributed by atoms with Crippen LogP contribution in [0, 0.1) is 11.7 Å². The molecule has 2 saturated heterocycles. The normalized spacial score (nSPS) is 22.4. The number of para-hydroxylation sites is 2. The molecule has 1 N–H and O–H groups in total. The van der Waals surface area contributed by atoms with E-state index in [0.29, 0.717) is 11.3 Å². The first kappa shape index (κ1) is 20.0. The minimum Gasteiger partial charge on any atom is -0.504 e. The number of hydroxylamine groups is 1. The molecule has 8 heteroatoms. The lowest BCUT2D eigenvalue weighted by Gasteiger charge is -2.29. The summed E-state index contributed by atoms with van der Waals surface area (Å²) < 4.78 is 18.6. The van der Waals surface area contributed by atoms with Gasteiger partial charge >= 0.3 is 0 Å². The predicted octanol–water partition coefficient (Wildman–Crippen LogP) is 3.59. The summed E-state index contributed by atoms with van der Waals surface area (Å²) in [7, 11) is 1.43. The summed E-state index contributed by atoms with van der Waals surface area (Å²) in [5.41, 5.74) is 1.28. The number of methoxy groups -OCH3 is 1. The van der Waals surface area contributed by atoms with Gasteiger partial charge in [0, 0.05) is 5.56 Å². The largest absolute Gasteiger partial charge is 0.504 e. The van der Waals surface area contributed by atoms with Crippen molar-refractivity contribution in [3.05, 3.63) is 84.2 Å². The zero-order valence-corrected chi connectivity index (χ0v) is 17.0. The van der Waals surface area contributed by atoms with Gasteiger partial charge in [0.25, 0.3) is 5.91 Å². The number of aromatic hydroxyl groups is 1. The van der Waals surface area contributed by atoms with Gasteiger partial charge in [-0.2, -0.15) is 0 Å². The number of halogens is 1. The Kier molecular flexibility index (Phi) is 4.79. The summed E-state index contributed by atoms with van der Waals surface area (Å²) in [6.45, 7) is 0. The molecule has 32 heavy (non-hydrogen) atoms. The van der Waals surface area contributed by atoms with E-state index in [-0.39, 0.29) is 17.2 Å². The first-order valence-corrected chi connectivity index (χ1v) is 10.0. The van der Waals surface area contributed by atoms with Crippen molar-refractivity contribution in [1.29, 1.82) is 0 Å². The van der Waals surface area contributed by atoms with Gasteiger partial charge in [-0.05, 0) is 42.5 Å². The number of carbonyl (C=O) groups excluding carboxylic acids is 2. The SMILES string of the molecule is COc1cccc([C@@H]2[C@H]3C(=O)N(c4ccc(F)cc4)C(=O)[C@@H]3ON2c2ccccc2)c1O. The van der Waals surface area contributed by atoms with Crippen LogP contribution in [0.25, 0.3) is 0 Å². The third-order valence-corrected chi connectivity index (χ3v) is 5.78. The van der Waals surface area contributed by atoms with Gasteiger partial charge in [0.2, 0.25) is 5.91 Å². The van der Waals surface area contributed by atoms with E-state index >= 15 is 0 Å². The van der Waals surface area contributed by atoms with Gasteiger partial charge in [-0.3, -0.25) is 14.4 Å². The van der Waals surface area contributed by atoms with Crippen molar-refractivity contribution in [2.24, 2.45) is 5.92 Å². The maximum atomic E-state index is 13.5. The maximum absolute atomic E-state index is 13.5. The second kappa shape index (κ2) is 7.65. The highest BCUT2D eigenvalue weighted by Gasteiger charge is 2.60. The number of phenolic OH excluding ortho intramolecular Hbond substituents is 1. The first-order chi connectivity index (χ1) is 15.5.